The Kier molecular flexibility index (Phi) is 8.10. The third kappa shape index (κ3) is 6.57. The Labute approximate surface area is 255 Å². The van der Waals surface area contributed by atoms with Crippen molar-refractivity contribution in [2.75, 3.05) is 37.0 Å². The van der Waals surface area contributed by atoms with E-state index in [1.165, 1.54) is 12.0 Å². The Morgan fingerprint density at radius 3 is 2.51 bits per heavy atom. The maximum absolute atomic E-state index is 12.8. The molecule has 0 spiro atoms. The number of aromatic nitrogens is 4. The van der Waals surface area contributed by atoms with Gasteiger partial charge in [-0.25, -0.2) is 4.79 Å². The van der Waals surface area contributed by atoms with E-state index in [0.29, 0.717) is 35.7 Å². The van der Waals surface area contributed by atoms with Crippen molar-refractivity contribution < 1.29 is 32.3 Å². The van der Waals surface area contributed by atoms with Crippen LogP contribution < -0.4 is 20.3 Å². The average Bonchev–Trinajstić information content (AvgIpc) is 3.44. The molecule has 2 aliphatic rings. The summed E-state index contributed by atoms with van der Waals surface area (Å²) in [6, 6.07) is 8.72. The van der Waals surface area contributed by atoms with Gasteiger partial charge in [0.2, 0.25) is 5.91 Å². The molecule has 4 aromatic rings. The number of carbonyl (C=O) groups excluding carboxylic acids is 3. The van der Waals surface area contributed by atoms with Crippen LogP contribution in [0, 0.1) is 0 Å². The van der Waals surface area contributed by atoms with Gasteiger partial charge in [-0.15, -0.1) is 0 Å². The van der Waals surface area contributed by atoms with Gasteiger partial charge in [-0.3, -0.25) is 39.4 Å². The predicted molar refractivity (Wildman–Crippen MR) is 157 cm³/mol. The van der Waals surface area contributed by atoms with Gasteiger partial charge >= 0.3 is 12.2 Å². The average molecular weight is 623 g/mol. The first kappa shape index (κ1) is 30.0. The van der Waals surface area contributed by atoms with Gasteiger partial charge in [0.05, 0.1) is 47.5 Å². The van der Waals surface area contributed by atoms with Gasteiger partial charge in [-0.1, -0.05) is 0 Å². The zero-order valence-electron chi connectivity index (χ0n) is 24.2. The van der Waals surface area contributed by atoms with Crippen molar-refractivity contribution in [2.24, 2.45) is 0 Å². The summed E-state index contributed by atoms with van der Waals surface area (Å²) >= 11 is 0. The van der Waals surface area contributed by atoms with E-state index in [1.807, 2.05) is 23.0 Å². The van der Waals surface area contributed by atoms with Crippen LogP contribution in [0.1, 0.15) is 47.1 Å². The summed E-state index contributed by atoms with van der Waals surface area (Å²) in [5.41, 5.74) is 1.46. The molecule has 0 aliphatic carbocycles. The molecule has 6 rings (SSSR count). The minimum Gasteiger partial charge on any atom is -0.494 e. The number of pyridine rings is 2. The molecule has 4 amide bonds. The van der Waals surface area contributed by atoms with Crippen LogP contribution in [0.15, 0.2) is 55.0 Å². The maximum atomic E-state index is 12.8. The van der Waals surface area contributed by atoms with Crippen molar-refractivity contribution in [3.05, 3.63) is 71.9 Å². The topological polar surface area (TPSA) is 135 Å². The fourth-order valence-electron chi connectivity index (χ4n) is 5.47. The molecule has 0 radical (unpaired) electrons. The number of hydrogen-bond donors (Lipinski definition) is 2. The Bertz CT molecular complexity index is 1730. The molecule has 0 saturated carbocycles. The number of rotatable bonds is 7. The Morgan fingerprint density at radius 1 is 1.07 bits per heavy atom. The lowest BCUT2D eigenvalue weighted by atomic mass is 10.1. The van der Waals surface area contributed by atoms with Gasteiger partial charge in [-0.2, -0.15) is 18.3 Å². The first-order valence-electron chi connectivity index (χ1n) is 14.3. The summed E-state index contributed by atoms with van der Waals surface area (Å²) in [7, 11) is 1.46. The van der Waals surface area contributed by atoms with Crippen LogP contribution in [0.5, 0.6) is 5.75 Å². The molecule has 0 bridgehead atoms. The highest BCUT2D eigenvalue weighted by atomic mass is 19.4. The van der Waals surface area contributed by atoms with Crippen LogP contribution in [0.25, 0.3) is 10.9 Å². The molecule has 5 heterocycles. The van der Waals surface area contributed by atoms with Crippen molar-refractivity contribution in [3.63, 3.8) is 0 Å². The van der Waals surface area contributed by atoms with E-state index in [9.17, 15) is 27.6 Å². The number of urea groups is 1. The van der Waals surface area contributed by atoms with Crippen LogP contribution in [-0.2, 0) is 17.5 Å². The predicted octanol–water partition coefficient (Wildman–Crippen LogP) is 4.39. The van der Waals surface area contributed by atoms with Gasteiger partial charge < -0.3 is 10.1 Å². The molecule has 45 heavy (non-hydrogen) atoms. The lowest BCUT2D eigenvalue weighted by molar-refractivity contribution is -0.141. The highest BCUT2D eigenvalue weighted by Gasteiger charge is 2.32. The minimum absolute atomic E-state index is 0.0224. The molecule has 1 aromatic carbocycles. The highest BCUT2D eigenvalue weighted by molar-refractivity contribution is 6.06. The second kappa shape index (κ2) is 12.1. The normalized spacial score (nSPS) is 16.6. The number of nitrogens with one attached hydrogen (secondary N) is 2. The van der Waals surface area contributed by atoms with E-state index in [1.54, 1.807) is 18.3 Å². The molecule has 2 N–H and O–H groups in total. The van der Waals surface area contributed by atoms with Crippen molar-refractivity contribution in [1.82, 2.24) is 30.0 Å². The van der Waals surface area contributed by atoms with Gasteiger partial charge in [-0.05, 0) is 43.2 Å². The Morgan fingerprint density at radius 2 is 1.87 bits per heavy atom. The molecule has 2 fully saturated rings. The number of ether oxygens (including phenoxy) is 1. The fourth-order valence-corrected chi connectivity index (χ4v) is 5.47. The van der Waals surface area contributed by atoms with Crippen molar-refractivity contribution in [3.8, 4) is 5.75 Å². The molecule has 0 atom stereocenters. The lowest BCUT2D eigenvalue weighted by Gasteiger charge is -2.32. The molecular formula is C30H29F3N8O4. The maximum Gasteiger partial charge on any atom is 0.433 e. The van der Waals surface area contributed by atoms with E-state index in [0.717, 1.165) is 55.3 Å². The number of amides is 4. The summed E-state index contributed by atoms with van der Waals surface area (Å²) in [5, 5.41) is 10.5. The van der Waals surface area contributed by atoms with Crippen LogP contribution in [0.2, 0.25) is 0 Å². The quantitative estimate of drug-likeness (QED) is 0.310. The van der Waals surface area contributed by atoms with Gasteiger partial charge in [0.25, 0.3) is 5.91 Å². The summed E-state index contributed by atoms with van der Waals surface area (Å²) in [6.45, 7) is 2.64. The zero-order chi connectivity index (χ0) is 31.7. The van der Waals surface area contributed by atoms with E-state index in [4.69, 9.17) is 9.84 Å². The standard InChI is InChI=1S/C30H29F3N8O4/c1-45-25-13-23-19(12-24(25)36-28(43)18-2-5-26(35-14-18)30(31,32)33)16-41(38-23)21-6-9-39(10-7-21)17-20-3-4-22(15-34-20)40-11-8-27(42)37-29(40)44/h2-5,12-16,21H,6-11,17H2,1H3,(H,36,43)(H,37,42,44). The number of likely N-dealkylation sites (tertiary alicyclic amines) is 1. The summed E-state index contributed by atoms with van der Waals surface area (Å²) < 4.78 is 45.9. The largest absolute Gasteiger partial charge is 0.494 e. The number of hydrogen-bond acceptors (Lipinski definition) is 8. The lowest BCUT2D eigenvalue weighted by Crippen LogP contribution is -2.49. The highest BCUT2D eigenvalue weighted by Crippen LogP contribution is 2.33. The molecule has 12 nitrogen and oxygen atoms in total. The minimum atomic E-state index is -4.59. The van der Waals surface area contributed by atoms with E-state index in [-0.39, 0.29) is 23.9 Å². The molecule has 15 heteroatoms. The number of methoxy groups -OCH3 is 1. The summed E-state index contributed by atoms with van der Waals surface area (Å²) in [5.74, 6) is -0.534. The van der Waals surface area contributed by atoms with Crippen LogP contribution in [0.3, 0.4) is 0 Å². The van der Waals surface area contributed by atoms with Gasteiger partial charge in [0.1, 0.15) is 11.4 Å². The molecule has 3 aromatic heterocycles. The molecule has 2 saturated heterocycles. The number of imide groups is 1. The number of alkyl halides is 3. The van der Waals surface area contributed by atoms with E-state index in [2.05, 4.69) is 25.5 Å². The molecular weight excluding hydrogens is 593 g/mol. The smallest absolute Gasteiger partial charge is 0.433 e. The third-order valence-corrected chi connectivity index (χ3v) is 7.90. The fraction of sp³-hybridized carbons (Fsp3) is 0.333. The van der Waals surface area contributed by atoms with Crippen LogP contribution in [-0.4, -0.2) is 69.2 Å². The third-order valence-electron chi connectivity index (χ3n) is 7.90. The number of piperidine rings is 1. The number of carbonyl (C=O) groups is 3. The monoisotopic (exact) mass is 622 g/mol. The second-order valence-corrected chi connectivity index (χ2v) is 10.9. The zero-order valence-corrected chi connectivity index (χ0v) is 24.2. The Balaban J connectivity index is 1.07. The molecule has 234 valence electrons. The number of fused-ring (bicyclic) bond motifs is 1. The van der Waals surface area contributed by atoms with Crippen molar-refractivity contribution in [1.29, 1.82) is 0 Å². The first-order valence-corrected chi connectivity index (χ1v) is 14.3. The summed E-state index contributed by atoms with van der Waals surface area (Å²) in [4.78, 5) is 47.9. The molecule has 2 aliphatic heterocycles. The van der Waals surface area contributed by atoms with Crippen LogP contribution in [0.4, 0.5) is 29.3 Å². The van der Waals surface area contributed by atoms with Gasteiger partial charge in [0.15, 0.2) is 0 Å². The van der Waals surface area contributed by atoms with Crippen molar-refractivity contribution in [2.45, 2.75) is 38.0 Å². The number of nitrogens with zero attached hydrogens (tertiary/aromatic N) is 6. The van der Waals surface area contributed by atoms with Crippen molar-refractivity contribution >= 4 is 40.1 Å². The first-order chi connectivity index (χ1) is 21.6. The Hall–Kier alpha value is -5.05. The van der Waals surface area contributed by atoms with E-state index >= 15 is 0 Å². The summed E-state index contributed by atoms with van der Waals surface area (Å²) in [6.07, 6.45) is 1.82. The SMILES string of the molecule is COc1cc2nn(C3CCN(Cc4ccc(N5CCC(=O)NC5=O)cn4)CC3)cc2cc1NC(=O)c1ccc(C(F)(F)F)nc1. The number of benzene rings is 1. The second-order valence-electron chi connectivity index (χ2n) is 10.9. The van der Waals surface area contributed by atoms with Crippen LogP contribution >= 0.6 is 0 Å². The molecule has 0 unspecified atom stereocenters. The van der Waals surface area contributed by atoms with E-state index < -0.39 is 23.8 Å². The van der Waals surface area contributed by atoms with Gasteiger partial charge in [0, 0.05) is 56.4 Å². The number of halogens is 3. The number of anilines is 2.